The first kappa shape index (κ1) is 13.0. The summed E-state index contributed by atoms with van der Waals surface area (Å²) in [6.45, 7) is 1.64. The van der Waals surface area contributed by atoms with Gasteiger partial charge in [-0.3, -0.25) is 0 Å². The van der Waals surface area contributed by atoms with Crippen molar-refractivity contribution in [1.82, 2.24) is 10.2 Å². The summed E-state index contributed by atoms with van der Waals surface area (Å²) >= 11 is 0. The van der Waals surface area contributed by atoms with Crippen molar-refractivity contribution in [2.45, 2.75) is 0 Å². The van der Waals surface area contributed by atoms with Gasteiger partial charge in [0.05, 0.1) is 13.7 Å². The molecule has 0 radical (unpaired) electrons. The van der Waals surface area contributed by atoms with Gasteiger partial charge < -0.3 is 19.7 Å². The molecule has 1 heterocycles. The predicted molar refractivity (Wildman–Crippen MR) is 57.1 cm³/mol. The van der Waals surface area contributed by atoms with Gasteiger partial charge in [-0.2, -0.15) is 0 Å². The molecule has 0 aliphatic carbocycles. The molecule has 0 bridgehead atoms. The lowest BCUT2D eigenvalue weighted by molar-refractivity contribution is -0.139. The molecule has 1 aliphatic rings. The van der Waals surface area contributed by atoms with E-state index < -0.39 is 11.9 Å². The van der Waals surface area contributed by atoms with Crippen molar-refractivity contribution in [1.29, 1.82) is 0 Å². The summed E-state index contributed by atoms with van der Waals surface area (Å²) in [6.07, 6.45) is 1.96. The molecule has 1 fully saturated rings. The van der Waals surface area contributed by atoms with Crippen LogP contribution in [0.3, 0.4) is 0 Å². The lowest BCUT2D eigenvalue weighted by atomic mass is 10.5. The summed E-state index contributed by atoms with van der Waals surface area (Å²) in [5.74, 6) is -1.27. The molecule has 0 unspecified atom stereocenters. The van der Waals surface area contributed by atoms with Crippen LogP contribution in [-0.4, -0.2) is 56.2 Å². The van der Waals surface area contributed by atoms with Crippen LogP contribution in [0.15, 0.2) is 12.2 Å². The van der Waals surface area contributed by atoms with E-state index >= 15 is 0 Å². The highest BCUT2D eigenvalue weighted by Crippen LogP contribution is 1.96. The molecule has 17 heavy (non-hydrogen) atoms. The molecular formula is C10H14N2O5. The monoisotopic (exact) mass is 242 g/mol. The van der Waals surface area contributed by atoms with E-state index in [0.717, 1.165) is 12.2 Å². The molecule has 94 valence electrons. The summed E-state index contributed by atoms with van der Waals surface area (Å²) < 4.78 is 9.10. The molecule has 0 atom stereocenters. The fourth-order valence-electron chi connectivity index (χ4n) is 1.23. The number of hydrogen-bond donors (Lipinski definition) is 1. The minimum atomic E-state index is -0.644. The van der Waals surface area contributed by atoms with Gasteiger partial charge in [0.2, 0.25) is 0 Å². The van der Waals surface area contributed by atoms with Crippen LogP contribution in [0.5, 0.6) is 0 Å². The number of nitrogens with zero attached hydrogens (tertiary/aromatic N) is 1. The Hall–Kier alpha value is -2.05. The largest absolute Gasteiger partial charge is 0.466 e. The van der Waals surface area contributed by atoms with Gasteiger partial charge in [-0.25, -0.2) is 14.4 Å². The van der Waals surface area contributed by atoms with E-state index in [1.165, 1.54) is 12.0 Å². The molecule has 1 saturated heterocycles. The minimum absolute atomic E-state index is 0.0950. The zero-order chi connectivity index (χ0) is 12.7. The Morgan fingerprint density at radius 1 is 1.41 bits per heavy atom. The number of carbonyl (C=O) groups excluding carboxylic acids is 3. The summed E-state index contributed by atoms with van der Waals surface area (Å²) in [6, 6.07) is -0.161. The molecule has 7 nitrogen and oxygen atoms in total. The van der Waals surface area contributed by atoms with E-state index in [1.807, 2.05) is 0 Å². The summed E-state index contributed by atoms with van der Waals surface area (Å²) in [4.78, 5) is 34.4. The quantitative estimate of drug-likeness (QED) is 0.508. The van der Waals surface area contributed by atoms with Crippen molar-refractivity contribution in [2.75, 3.05) is 33.4 Å². The lowest BCUT2D eigenvalue weighted by Gasteiger charge is -2.12. The van der Waals surface area contributed by atoms with Gasteiger partial charge in [-0.15, -0.1) is 0 Å². The van der Waals surface area contributed by atoms with E-state index in [4.69, 9.17) is 4.74 Å². The van der Waals surface area contributed by atoms with E-state index in [-0.39, 0.29) is 12.6 Å². The SMILES string of the molecule is COC(=O)/C=C\C(=O)OCCN1CCNC1=O. The van der Waals surface area contributed by atoms with E-state index in [0.29, 0.717) is 19.6 Å². The van der Waals surface area contributed by atoms with Crippen molar-refractivity contribution < 1.29 is 23.9 Å². The van der Waals surface area contributed by atoms with E-state index in [2.05, 4.69) is 10.1 Å². The number of methoxy groups -OCH3 is 1. The highest BCUT2D eigenvalue weighted by atomic mass is 16.5. The van der Waals surface area contributed by atoms with E-state index in [9.17, 15) is 14.4 Å². The molecule has 0 spiro atoms. The number of rotatable bonds is 5. The number of ether oxygens (including phenoxy) is 2. The first-order valence-electron chi connectivity index (χ1n) is 5.09. The standard InChI is InChI=1S/C10H14N2O5/c1-16-8(13)2-3-9(14)17-7-6-12-5-4-11-10(12)15/h2-3H,4-7H2,1H3,(H,11,15)/b3-2-. The molecule has 0 saturated carbocycles. The second-order valence-electron chi connectivity index (χ2n) is 3.24. The molecule has 0 aromatic carbocycles. The molecule has 2 amide bonds. The zero-order valence-corrected chi connectivity index (χ0v) is 9.47. The van der Waals surface area contributed by atoms with Crippen LogP contribution in [0.25, 0.3) is 0 Å². The minimum Gasteiger partial charge on any atom is -0.466 e. The highest BCUT2D eigenvalue weighted by Gasteiger charge is 2.18. The molecule has 1 N–H and O–H groups in total. The van der Waals surface area contributed by atoms with Gasteiger partial charge in [0.1, 0.15) is 6.61 Å². The summed E-state index contributed by atoms with van der Waals surface area (Å²) in [5.41, 5.74) is 0. The summed E-state index contributed by atoms with van der Waals surface area (Å²) in [7, 11) is 1.21. The fourth-order valence-corrected chi connectivity index (χ4v) is 1.23. The Labute approximate surface area is 98.3 Å². The molecule has 7 heteroatoms. The van der Waals surface area contributed by atoms with E-state index in [1.54, 1.807) is 0 Å². The van der Waals surface area contributed by atoms with Gasteiger partial charge in [0.25, 0.3) is 0 Å². The number of urea groups is 1. The van der Waals surface area contributed by atoms with Crippen molar-refractivity contribution in [2.24, 2.45) is 0 Å². The average molecular weight is 242 g/mol. The second-order valence-corrected chi connectivity index (χ2v) is 3.24. The first-order valence-corrected chi connectivity index (χ1v) is 5.09. The van der Waals surface area contributed by atoms with Crippen LogP contribution in [-0.2, 0) is 19.1 Å². The normalized spacial score (nSPS) is 14.9. The number of amides is 2. The van der Waals surface area contributed by atoms with Crippen LogP contribution >= 0.6 is 0 Å². The maximum atomic E-state index is 11.1. The Balaban J connectivity index is 2.18. The van der Waals surface area contributed by atoms with Gasteiger partial charge in [0.15, 0.2) is 0 Å². The number of nitrogens with one attached hydrogen (secondary N) is 1. The molecule has 0 aromatic rings. The van der Waals surface area contributed by atoms with Crippen LogP contribution in [0.4, 0.5) is 4.79 Å². The smallest absolute Gasteiger partial charge is 0.331 e. The maximum absolute atomic E-state index is 11.1. The number of hydrogen-bond acceptors (Lipinski definition) is 5. The fraction of sp³-hybridized carbons (Fsp3) is 0.500. The van der Waals surface area contributed by atoms with Crippen LogP contribution in [0, 0.1) is 0 Å². The van der Waals surface area contributed by atoms with Crippen molar-refractivity contribution in [3.05, 3.63) is 12.2 Å². The van der Waals surface area contributed by atoms with Crippen LogP contribution in [0.2, 0.25) is 0 Å². The predicted octanol–water partition coefficient (Wildman–Crippen LogP) is -0.716. The molecular weight excluding hydrogens is 228 g/mol. The maximum Gasteiger partial charge on any atom is 0.331 e. The average Bonchev–Trinajstić information content (AvgIpc) is 2.72. The third kappa shape index (κ3) is 4.54. The van der Waals surface area contributed by atoms with Crippen molar-refractivity contribution in [3.63, 3.8) is 0 Å². The summed E-state index contributed by atoms with van der Waals surface area (Å²) in [5, 5.41) is 2.63. The Kier molecular flexibility index (Phi) is 4.99. The van der Waals surface area contributed by atoms with Gasteiger partial charge in [0, 0.05) is 25.2 Å². The molecule has 1 aliphatic heterocycles. The first-order chi connectivity index (χ1) is 8.13. The van der Waals surface area contributed by atoms with Crippen LogP contribution in [0.1, 0.15) is 0 Å². The topological polar surface area (TPSA) is 84.9 Å². The van der Waals surface area contributed by atoms with Crippen LogP contribution < -0.4 is 5.32 Å². The number of carbonyl (C=O) groups is 3. The Bertz CT molecular complexity index is 340. The third-order valence-electron chi connectivity index (χ3n) is 2.11. The van der Waals surface area contributed by atoms with Gasteiger partial charge in [-0.1, -0.05) is 0 Å². The molecule has 1 rings (SSSR count). The molecule has 0 aromatic heterocycles. The zero-order valence-electron chi connectivity index (χ0n) is 9.47. The number of esters is 2. The highest BCUT2D eigenvalue weighted by molar-refractivity contribution is 5.91. The third-order valence-corrected chi connectivity index (χ3v) is 2.11. The Morgan fingerprint density at radius 3 is 2.71 bits per heavy atom. The lowest BCUT2D eigenvalue weighted by Crippen LogP contribution is -2.31. The second kappa shape index (κ2) is 6.51. The van der Waals surface area contributed by atoms with Crippen molar-refractivity contribution >= 4 is 18.0 Å². The van der Waals surface area contributed by atoms with Gasteiger partial charge in [-0.05, 0) is 0 Å². The van der Waals surface area contributed by atoms with Crippen molar-refractivity contribution in [3.8, 4) is 0 Å². The van der Waals surface area contributed by atoms with Gasteiger partial charge >= 0.3 is 18.0 Å². The Morgan fingerprint density at radius 2 is 2.12 bits per heavy atom.